The standard InChI is InChI=1S/C21H16N2O5S/c1-26-17-6-3-13(10-18(17)27-2)21-23-15(11-29-21)20(25)22-14-5-7-16-12(9-14)4-8-19(24)28-16/h3-11H,1-2H3,(H,22,25). The average Bonchev–Trinajstić information content (AvgIpc) is 3.24. The van der Waals surface area contributed by atoms with Gasteiger partial charge < -0.3 is 19.2 Å². The van der Waals surface area contributed by atoms with Gasteiger partial charge in [0, 0.05) is 28.1 Å². The number of nitrogens with zero attached hydrogens (tertiary/aromatic N) is 1. The van der Waals surface area contributed by atoms with Crippen molar-refractivity contribution >= 4 is 33.9 Å². The Labute approximate surface area is 169 Å². The first kappa shape index (κ1) is 18.7. The molecule has 2 heterocycles. The maximum Gasteiger partial charge on any atom is 0.336 e. The highest BCUT2D eigenvalue weighted by molar-refractivity contribution is 7.13. The summed E-state index contributed by atoms with van der Waals surface area (Å²) in [5, 5.41) is 5.91. The number of carbonyl (C=O) groups excluding carboxylic acids is 1. The average molecular weight is 408 g/mol. The van der Waals surface area contributed by atoms with Crippen molar-refractivity contribution in [2.75, 3.05) is 19.5 Å². The van der Waals surface area contributed by atoms with Crippen LogP contribution in [0.4, 0.5) is 5.69 Å². The van der Waals surface area contributed by atoms with Gasteiger partial charge in [-0.2, -0.15) is 0 Å². The highest BCUT2D eigenvalue weighted by Crippen LogP contribution is 2.33. The second-order valence-corrected chi connectivity index (χ2v) is 6.93. The number of hydrogen-bond donors (Lipinski definition) is 1. The third-order valence-electron chi connectivity index (χ3n) is 4.24. The van der Waals surface area contributed by atoms with E-state index in [0.29, 0.717) is 38.9 Å². The minimum Gasteiger partial charge on any atom is -0.493 e. The predicted molar refractivity (Wildman–Crippen MR) is 111 cm³/mol. The molecule has 0 bridgehead atoms. The molecular formula is C21H16N2O5S. The predicted octanol–water partition coefficient (Wildman–Crippen LogP) is 4.19. The Morgan fingerprint density at radius 2 is 1.86 bits per heavy atom. The number of fused-ring (bicyclic) bond motifs is 1. The summed E-state index contributed by atoms with van der Waals surface area (Å²) in [5.41, 5.74) is 1.75. The number of aromatic nitrogens is 1. The van der Waals surface area contributed by atoms with Crippen LogP contribution in [0.1, 0.15) is 10.5 Å². The number of ether oxygens (including phenoxy) is 2. The first-order chi connectivity index (χ1) is 14.1. The van der Waals surface area contributed by atoms with E-state index < -0.39 is 5.63 Å². The Kier molecular flexibility index (Phi) is 5.01. The summed E-state index contributed by atoms with van der Waals surface area (Å²) < 4.78 is 15.7. The molecule has 0 aliphatic heterocycles. The van der Waals surface area contributed by atoms with Gasteiger partial charge in [-0.1, -0.05) is 0 Å². The van der Waals surface area contributed by atoms with E-state index in [1.807, 2.05) is 12.1 Å². The van der Waals surface area contributed by atoms with Crippen LogP contribution in [0, 0.1) is 0 Å². The number of amides is 1. The van der Waals surface area contributed by atoms with Crippen LogP contribution in [0.5, 0.6) is 11.5 Å². The largest absolute Gasteiger partial charge is 0.493 e. The van der Waals surface area contributed by atoms with Crippen molar-refractivity contribution in [3.05, 3.63) is 70.0 Å². The molecule has 8 heteroatoms. The molecule has 0 saturated carbocycles. The van der Waals surface area contributed by atoms with Crippen LogP contribution in [-0.4, -0.2) is 25.1 Å². The van der Waals surface area contributed by atoms with Gasteiger partial charge in [-0.05, 0) is 42.5 Å². The van der Waals surface area contributed by atoms with Crippen LogP contribution in [0.25, 0.3) is 21.5 Å². The van der Waals surface area contributed by atoms with Crippen molar-refractivity contribution in [1.82, 2.24) is 4.98 Å². The Balaban J connectivity index is 1.56. The summed E-state index contributed by atoms with van der Waals surface area (Å²) in [6.45, 7) is 0. The molecule has 0 atom stereocenters. The van der Waals surface area contributed by atoms with Crippen molar-refractivity contribution in [2.24, 2.45) is 0 Å². The molecule has 146 valence electrons. The summed E-state index contributed by atoms with van der Waals surface area (Å²) in [7, 11) is 3.14. The number of hydrogen-bond acceptors (Lipinski definition) is 7. The molecule has 2 aromatic carbocycles. The number of nitrogens with one attached hydrogen (secondary N) is 1. The number of benzene rings is 2. The van der Waals surface area contributed by atoms with Crippen LogP contribution < -0.4 is 20.4 Å². The smallest absolute Gasteiger partial charge is 0.336 e. The molecule has 4 aromatic rings. The Morgan fingerprint density at radius 3 is 2.66 bits per heavy atom. The van der Waals surface area contributed by atoms with E-state index >= 15 is 0 Å². The number of anilines is 1. The summed E-state index contributed by atoms with van der Waals surface area (Å²) in [5.74, 6) is 0.886. The normalized spacial score (nSPS) is 10.7. The van der Waals surface area contributed by atoms with Gasteiger partial charge in [-0.25, -0.2) is 9.78 Å². The van der Waals surface area contributed by atoms with E-state index in [4.69, 9.17) is 13.9 Å². The van der Waals surface area contributed by atoms with Gasteiger partial charge in [0.1, 0.15) is 16.3 Å². The first-order valence-electron chi connectivity index (χ1n) is 8.60. The van der Waals surface area contributed by atoms with Crippen LogP contribution in [0.2, 0.25) is 0 Å². The lowest BCUT2D eigenvalue weighted by Crippen LogP contribution is -2.12. The van der Waals surface area contributed by atoms with Gasteiger partial charge in [0.05, 0.1) is 14.2 Å². The van der Waals surface area contributed by atoms with E-state index in [9.17, 15) is 9.59 Å². The minimum absolute atomic E-state index is 0.305. The molecule has 29 heavy (non-hydrogen) atoms. The molecule has 1 N–H and O–H groups in total. The number of thiazole rings is 1. The van der Waals surface area contributed by atoms with Gasteiger partial charge in [0.2, 0.25) is 0 Å². The lowest BCUT2D eigenvalue weighted by atomic mass is 10.2. The van der Waals surface area contributed by atoms with E-state index in [2.05, 4.69) is 10.3 Å². The second-order valence-electron chi connectivity index (χ2n) is 6.07. The van der Waals surface area contributed by atoms with Gasteiger partial charge in [-0.3, -0.25) is 4.79 Å². The third-order valence-corrected chi connectivity index (χ3v) is 5.14. The van der Waals surface area contributed by atoms with Gasteiger partial charge >= 0.3 is 5.63 Å². The number of methoxy groups -OCH3 is 2. The number of rotatable bonds is 5. The lowest BCUT2D eigenvalue weighted by Gasteiger charge is -2.08. The Morgan fingerprint density at radius 1 is 1.03 bits per heavy atom. The fraction of sp³-hybridized carbons (Fsp3) is 0.0952. The van der Waals surface area contributed by atoms with Crippen LogP contribution >= 0.6 is 11.3 Å². The molecule has 0 radical (unpaired) electrons. The van der Waals surface area contributed by atoms with Crippen molar-refractivity contribution in [3.63, 3.8) is 0 Å². The monoisotopic (exact) mass is 408 g/mol. The highest BCUT2D eigenvalue weighted by atomic mass is 32.1. The number of carbonyl (C=O) groups is 1. The molecule has 2 aromatic heterocycles. The Bertz CT molecular complexity index is 1260. The van der Waals surface area contributed by atoms with E-state index in [0.717, 1.165) is 5.56 Å². The van der Waals surface area contributed by atoms with Crippen LogP contribution in [0.15, 0.2) is 63.1 Å². The maximum atomic E-state index is 12.6. The summed E-state index contributed by atoms with van der Waals surface area (Å²) in [4.78, 5) is 28.3. The molecule has 1 amide bonds. The zero-order chi connectivity index (χ0) is 20.4. The third kappa shape index (κ3) is 3.83. The van der Waals surface area contributed by atoms with E-state index in [1.165, 1.54) is 17.4 Å². The van der Waals surface area contributed by atoms with Crippen LogP contribution in [0.3, 0.4) is 0 Å². The summed E-state index contributed by atoms with van der Waals surface area (Å²) in [6, 6.07) is 13.5. The quantitative estimate of drug-likeness (QED) is 0.498. The zero-order valence-electron chi connectivity index (χ0n) is 15.6. The van der Waals surface area contributed by atoms with Crippen LogP contribution in [-0.2, 0) is 0 Å². The molecule has 0 saturated heterocycles. The van der Waals surface area contributed by atoms with Gasteiger partial charge in [0.25, 0.3) is 5.91 Å². The van der Waals surface area contributed by atoms with Crippen molar-refractivity contribution in [3.8, 4) is 22.1 Å². The summed E-state index contributed by atoms with van der Waals surface area (Å²) >= 11 is 1.36. The molecular weight excluding hydrogens is 392 g/mol. The fourth-order valence-electron chi connectivity index (χ4n) is 2.82. The Hall–Kier alpha value is -3.65. The second kappa shape index (κ2) is 7.76. The van der Waals surface area contributed by atoms with Crippen molar-refractivity contribution in [2.45, 2.75) is 0 Å². The van der Waals surface area contributed by atoms with E-state index in [-0.39, 0.29) is 5.91 Å². The topological polar surface area (TPSA) is 90.7 Å². The maximum absolute atomic E-state index is 12.6. The highest BCUT2D eigenvalue weighted by Gasteiger charge is 2.14. The molecule has 7 nitrogen and oxygen atoms in total. The molecule has 4 rings (SSSR count). The molecule has 0 unspecified atom stereocenters. The van der Waals surface area contributed by atoms with Gasteiger partial charge in [-0.15, -0.1) is 11.3 Å². The molecule has 0 aliphatic carbocycles. The fourth-order valence-corrected chi connectivity index (χ4v) is 3.62. The first-order valence-corrected chi connectivity index (χ1v) is 9.48. The molecule has 0 spiro atoms. The molecule has 0 aliphatic rings. The summed E-state index contributed by atoms with van der Waals surface area (Å²) in [6.07, 6.45) is 0. The lowest BCUT2D eigenvalue weighted by molar-refractivity contribution is 0.102. The van der Waals surface area contributed by atoms with Crippen molar-refractivity contribution < 1.29 is 18.7 Å². The zero-order valence-corrected chi connectivity index (χ0v) is 16.4. The molecule has 0 fully saturated rings. The van der Waals surface area contributed by atoms with Gasteiger partial charge in [0.15, 0.2) is 11.5 Å². The van der Waals surface area contributed by atoms with E-state index in [1.54, 1.807) is 49.9 Å². The minimum atomic E-state index is -0.417. The SMILES string of the molecule is COc1ccc(-c2nc(C(=O)Nc3ccc4oc(=O)ccc4c3)cs2)cc1OC. The van der Waals surface area contributed by atoms with Crippen molar-refractivity contribution in [1.29, 1.82) is 0 Å².